The summed E-state index contributed by atoms with van der Waals surface area (Å²) >= 11 is 3.07. The lowest BCUT2D eigenvalue weighted by Gasteiger charge is -2.38. The van der Waals surface area contributed by atoms with Crippen LogP contribution in [0.3, 0.4) is 0 Å². The van der Waals surface area contributed by atoms with E-state index in [-0.39, 0.29) is 17.7 Å². The monoisotopic (exact) mass is 418 g/mol. The van der Waals surface area contributed by atoms with Crippen molar-refractivity contribution in [1.82, 2.24) is 15.2 Å². The molecule has 3 heterocycles. The second-order valence-electron chi connectivity index (χ2n) is 8.80. The Kier molecular flexibility index (Phi) is 4.74. The number of aromatic nitrogens is 1. The zero-order valence-electron chi connectivity index (χ0n) is 16.1. The maximum Gasteiger partial charge on any atom is 0.273 e. The lowest BCUT2D eigenvalue weighted by Crippen LogP contribution is -2.46. The number of carbonyl (C=O) groups excluding carboxylic acids is 2. The predicted molar refractivity (Wildman–Crippen MR) is 112 cm³/mol. The van der Waals surface area contributed by atoms with E-state index >= 15 is 0 Å². The Morgan fingerprint density at radius 2 is 2.07 bits per heavy atom. The van der Waals surface area contributed by atoms with E-state index in [1.807, 2.05) is 11.8 Å². The number of piperidine rings is 1. The van der Waals surface area contributed by atoms with E-state index < -0.39 is 4.75 Å². The van der Waals surface area contributed by atoms with Gasteiger partial charge in [-0.2, -0.15) is 4.99 Å². The van der Waals surface area contributed by atoms with E-state index in [0.717, 1.165) is 29.8 Å². The van der Waals surface area contributed by atoms with Crippen LogP contribution in [0, 0.1) is 17.8 Å². The molecule has 0 spiro atoms. The first kappa shape index (κ1) is 18.6. The number of amides is 2. The van der Waals surface area contributed by atoms with Gasteiger partial charge in [0.05, 0.1) is 5.51 Å². The molecule has 2 amide bonds. The van der Waals surface area contributed by atoms with Crippen molar-refractivity contribution in [2.75, 3.05) is 13.1 Å². The maximum absolute atomic E-state index is 12.8. The highest BCUT2D eigenvalue weighted by Gasteiger charge is 2.49. The lowest BCUT2D eigenvalue weighted by molar-refractivity contribution is -0.121. The van der Waals surface area contributed by atoms with Crippen LogP contribution in [0.25, 0.3) is 0 Å². The van der Waals surface area contributed by atoms with E-state index in [1.165, 1.54) is 37.0 Å². The van der Waals surface area contributed by atoms with Crippen molar-refractivity contribution in [1.29, 1.82) is 0 Å². The second kappa shape index (κ2) is 7.13. The number of thiazole rings is 1. The molecule has 4 aliphatic rings. The summed E-state index contributed by atoms with van der Waals surface area (Å²) in [5.74, 6) is 1.87. The van der Waals surface area contributed by atoms with Gasteiger partial charge in [0.2, 0.25) is 0 Å². The molecular weight excluding hydrogens is 392 g/mol. The number of likely N-dealkylation sites (tertiary alicyclic amines) is 1. The molecule has 2 aliphatic carbocycles. The Hall–Kier alpha value is -1.41. The fourth-order valence-corrected chi connectivity index (χ4v) is 7.29. The third-order valence-electron chi connectivity index (χ3n) is 7.20. The van der Waals surface area contributed by atoms with E-state index in [0.29, 0.717) is 24.8 Å². The smallest absolute Gasteiger partial charge is 0.273 e. The van der Waals surface area contributed by atoms with Crippen molar-refractivity contribution < 1.29 is 9.59 Å². The van der Waals surface area contributed by atoms with Crippen LogP contribution < -0.4 is 5.32 Å². The van der Waals surface area contributed by atoms with Crippen LogP contribution in [0.2, 0.25) is 0 Å². The Morgan fingerprint density at radius 3 is 2.71 bits per heavy atom. The molecule has 5 rings (SSSR count). The number of amidine groups is 1. The fraction of sp³-hybridized carbons (Fsp3) is 0.700. The number of carbonyl (C=O) groups is 2. The molecular formula is C20H26N4O2S2. The number of nitrogens with zero attached hydrogens (tertiary/aromatic N) is 3. The number of aliphatic imine (C=N–C) groups is 1. The minimum Gasteiger partial charge on any atom is -0.361 e. The van der Waals surface area contributed by atoms with Gasteiger partial charge in [-0.3, -0.25) is 9.59 Å². The van der Waals surface area contributed by atoms with Gasteiger partial charge in [0, 0.05) is 24.5 Å². The summed E-state index contributed by atoms with van der Waals surface area (Å²) in [7, 11) is 0. The summed E-state index contributed by atoms with van der Waals surface area (Å²) in [6.07, 6.45) is 6.93. The van der Waals surface area contributed by atoms with Crippen LogP contribution in [-0.4, -0.2) is 50.7 Å². The van der Waals surface area contributed by atoms with Gasteiger partial charge in [-0.1, -0.05) is 18.2 Å². The first-order valence-corrected chi connectivity index (χ1v) is 12.0. The Labute approximate surface area is 173 Å². The van der Waals surface area contributed by atoms with Crippen molar-refractivity contribution >= 4 is 40.1 Å². The third kappa shape index (κ3) is 3.18. The summed E-state index contributed by atoms with van der Waals surface area (Å²) in [5.41, 5.74) is 2.22. The summed E-state index contributed by atoms with van der Waals surface area (Å²) < 4.78 is -0.504. The molecule has 1 saturated heterocycles. The highest BCUT2D eigenvalue weighted by atomic mass is 32.2. The minimum atomic E-state index is -0.504. The molecule has 4 atom stereocenters. The third-order valence-corrected chi connectivity index (χ3v) is 9.12. The van der Waals surface area contributed by atoms with Crippen molar-refractivity contribution in [3.63, 3.8) is 0 Å². The second-order valence-corrected chi connectivity index (χ2v) is 11.0. The maximum atomic E-state index is 12.8. The van der Waals surface area contributed by atoms with Gasteiger partial charge < -0.3 is 10.2 Å². The van der Waals surface area contributed by atoms with E-state index in [9.17, 15) is 9.59 Å². The molecule has 0 aromatic carbocycles. The normalized spacial score (nSPS) is 35.5. The number of rotatable bonds is 3. The molecule has 1 aromatic heterocycles. The van der Waals surface area contributed by atoms with Crippen molar-refractivity contribution in [2.24, 2.45) is 22.7 Å². The van der Waals surface area contributed by atoms with Gasteiger partial charge in [-0.25, -0.2) is 4.98 Å². The van der Waals surface area contributed by atoms with Crippen molar-refractivity contribution in [2.45, 2.75) is 56.2 Å². The number of thioether (sulfide) groups is 1. The van der Waals surface area contributed by atoms with Gasteiger partial charge in [-0.15, -0.1) is 11.3 Å². The van der Waals surface area contributed by atoms with Gasteiger partial charge in [0.15, 0.2) is 5.17 Å². The number of fused-ring (bicyclic) bond motifs is 2. The Morgan fingerprint density at radius 1 is 1.25 bits per heavy atom. The SMILES string of the molecule is CC1(C2CCN(C(=O)c3cscn3)CC2)SC(N[C@H]2C[C@H]3CC[C@H]2C3)=NC1=O. The Bertz CT molecular complexity index is 803. The molecule has 150 valence electrons. The van der Waals surface area contributed by atoms with Gasteiger partial charge in [-0.05, 0) is 56.8 Å². The van der Waals surface area contributed by atoms with Crippen LogP contribution in [0.5, 0.6) is 0 Å². The average Bonchev–Trinajstić information content (AvgIpc) is 3.48. The Balaban J connectivity index is 1.19. The van der Waals surface area contributed by atoms with Crippen LogP contribution in [0.15, 0.2) is 15.9 Å². The predicted octanol–water partition coefficient (Wildman–Crippen LogP) is 3.16. The molecule has 1 N–H and O–H groups in total. The first-order chi connectivity index (χ1) is 13.5. The van der Waals surface area contributed by atoms with Crippen LogP contribution in [0.4, 0.5) is 0 Å². The molecule has 28 heavy (non-hydrogen) atoms. The molecule has 6 nitrogen and oxygen atoms in total. The van der Waals surface area contributed by atoms with Crippen LogP contribution in [-0.2, 0) is 4.79 Å². The van der Waals surface area contributed by atoms with Gasteiger partial charge in [0.25, 0.3) is 11.8 Å². The summed E-state index contributed by atoms with van der Waals surface area (Å²) in [4.78, 5) is 35.7. The number of hydrogen-bond donors (Lipinski definition) is 1. The average molecular weight is 419 g/mol. The van der Waals surface area contributed by atoms with Gasteiger partial charge in [0.1, 0.15) is 10.4 Å². The zero-order chi connectivity index (χ0) is 19.3. The number of hydrogen-bond acceptors (Lipinski definition) is 6. The molecule has 8 heteroatoms. The van der Waals surface area contributed by atoms with Crippen LogP contribution >= 0.6 is 23.1 Å². The molecule has 2 saturated carbocycles. The largest absolute Gasteiger partial charge is 0.361 e. The van der Waals surface area contributed by atoms with E-state index in [2.05, 4.69) is 15.3 Å². The van der Waals surface area contributed by atoms with E-state index in [4.69, 9.17) is 0 Å². The molecule has 2 bridgehead atoms. The first-order valence-electron chi connectivity index (χ1n) is 10.3. The molecule has 0 radical (unpaired) electrons. The molecule has 2 aliphatic heterocycles. The highest BCUT2D eigenvalue weighted by Crippen LogP contribution is 2.47. The molecule has 3 fully saturated rings. The standard InChI is InChI=1S/C20H26N4O2S2/c1-20(14-4-6-24(7-5-14)17(25)16-10-27-11-21-16)18(26)23-19(28-20)22-15-9-12-2-3-13(15)8-12/h10-15H,2-9H2,1H3,(H,22,23,26)/t12-,13-,15-,20?/m0/s1. The van der Waals surface area contributed by atoms with Crippen molar-refractivity contribution in [3.05, 3.63) is 16.6 Å². The fourth-order valence-electron chi connectivity index (χ4n) is 5.48. The van der Waals surface area contributed by atoms with E-state index in [1.54, 1.807) is 22.7 Å². The summed E-state index contributed by atoms with van der Waals surface area (Å²) in [6, 6.07) is 0.498. The molecule has 1 aromatic rings. The quantitative estimate of drug-likeness (QED) is 0.816. The van der Waals surface area contributed by atoms with Crippen LogP contribution in [0.1, 0.15) is 55.9 Å². The number of nitrogens with one attached hydrogen (secondary N) is 1. The highest BCUT2D eigenvalue weighted by molar-refractivity contribution is 8.16. The topological polar surface area (TPSA) is 74.7 Å². The zero-order valence-corrected chi connectivity index (χ0v) is 17.7. The summed E-state index contributed by atoms with van der Waals surface area (Å²) in [5, 5.41) is 6.22. The summed E-state index contributed by atoms with van der Waals surface area (Å²) in [6.45, 7) is 3.40. The molecule has 1 unspecified atom stereocenters. The van der Waals surface area contributed by atoms with Gasteiger partial charge >= 0.3 is 0 Å². The minimum absolute atomic E-state index is 0.00477. The lowest BCUT2D eigenvalue weighted by atomic mass is 9.84. The van der Waals surface area contributed by atoms with Crippen molar-refractivity contribution in [3.8, 4) is 0 Å².